The number of benzene rings is 2. The number of amides is 1. The molecule has 0 saturated carbocycles. The topological polar surface area (TPSA) is 88.0 Å². The van der Waals surface area contributed by atoms with Crippen molar-refractivity contribution in [3.05, 3.63) is 66.0 Å². The molecule has 0 atom stereocenters. The molecule has 0 aliphatic carbocycles. The first kappa shape index (κ1) is 20.9. The van der Waals surface area contributed by atoms with E-state index < -0.39 is 0 Å². The van der Waals surface area contributed by atoms with Gasteiger partial charge < -0.3 is 15.5 Å². The maximum absolute atomic E-state index is 11.3. The summed E-state index contributed by atoms with van der Waals surface area (Å²) in [6.07, 6.45) is 2.57. The molecule has 5 rings (SSSR count). The molecule has 1 aliphatic rings. The molecule has 8 nitrogen and oxygen atoms in total. The minimum atomic E-state index is -0.0969. The third-order valence-electron chi connectivity index (χ3n) is 5.86. The second kappa shape index (κ2) is 8.54. The molecular weight excluding hydrogens is 414 g/mol. The predicted molar refractivity (Wildman–Crippen MR) is 131 cm³/mol. The van der Waals surface area contributed by atoms with Gasteiger partial charge in [-0.05, 0) is 55.7 Å². The monoisotopic (exact) mass is 441 g/mol. The normalized spacial score (nSPS) is 13.3. The van der Waals surface area contributed by atoms with E-state index in [0.717, 1.165) is 48.0 Å². The molecule has 2 aromatic heterocycles. The van der Waals surface area contributed by atoms with Crippen molar-refractivity contribution in [1.82, 2.24) is 19.5 Å². The van der Waals surface area contributed by atoms with Crippen LogP contribution in [0.1, 0.15) is 37.9 Å². The Morgan fingerprint density at radius 2 is 1.73 bits per heavy atom. The van der Waals surface area contributed by atoms with Crippen LogP contribution in [0.15, 0.2) is 54.9 Å². The van der Waals surface area contributed by atoms with Gasteiger partial charge in [0.05, 0.1) is 0 Å². The SMILES string of the molecule is CC(=O)Nc1ccc(Nc2ncnc3c2nc(N2CCc4ccccc4C2)n3C(C)C)cc1. The third-order valence-corrected chi connectivity index (χ3v) is 5.86. The fourth-order valence-corrected chi connectivity index (χ4v) is 4.33. The summed E-state index contributed by atoms with van der Waals surface area (Å²) >= 11 is 0. The highest BCUT2D eigenvalue weighted by Gasteiger charge is 2.25. The summed E-state index contributed by atoms with van der Waals surface area (Å²) in [4.78, 5) is 27.7. The molecule has 0 bridgehead atoms. The number of hydrogen-bond donors (Lipinski definition) is 2. The molecule has 1 amide bonds. The summed E-state index contributed by atoms with van der Waals surface area (Å²) in [6, 6.07) is 16.3. The number of anilines is 4. The molecule has 4 aromatic rings. The first-order chi connectivity index (χ1) is 16.0. The standard InChI is InChI=1S/C25H27N7O/c1-16(2)32-24-22(30-25(32)31-13-12-18-6-4-5-7-19(18)14-31)23(26-15-27-24)29-21-10-8-20(9-11-21)28-17(3)33/h4-11,15-16H,12-14H2,1-3H3,(H,28,33)(H,26,27,29). The van der Waals surface area contributed by atoms with Gasteiger partial charge in [-0.15, -0.1) is 0 Å². The average molecular weight is 442 g/mol. The predicted octanol–water partition coefficient (Wildman–Crippen LogP) is 4.67. The second-order valence-corrected chi connectivity index (χ2v) is 8.59. The molecule has 0 saturated heterocycles. The minimum absolute atomic E-state index is 0.0969. The lowest BCUT2D eigenvalue weighted by atomic mass is 10.0. The Kier molecular flexibility index (Phi) is 5.42. The van der Waals surface area contributed by atoms with Gasteiger partial charge in [0.1, 0.15) is 6.33 Å². The molecule has 33 heavy (non-hydrogen) atoms. The van der Waals surface area contributed by atoms with Crippen molar-refractivity contribution in [3.8, 4) is 0 Å². The fraction of sp³-hybridized carbons (Fsp3) is 0.280. The van der Waals surface area contributed by atoms with E-state index in [1.54, 1.807) is 6.33 Å². The Balaban J connectivity index is 1.50. The van der Waals surface area contributed by atoms with Crippen LogP contribution in [-0.2, 0) is 17.8 Å². The van der Waals surface area contributed by atoms with Crippen molar-refractivity contribution in [2.45, 2.75) is 39.8 Å². The molecular formula is C25H27N7O. The van der Waals surface area contributed by atoms with Crippen LogP contribution in [0, 0.1) is 0 Å². The molecule has 1 aliphatic heterocycles. The molecule has 0 unspecified atom stereocenters. The first-order valence-corrected chi connectivity index (χ1v) is 11.2. The van der Waals surface area contributed by atoms with Gasteiger partial charge in [0.2, 0.25) is 11.9 Å². The van der Waals surface area contributed by atoms with Crippen molar-refractivity contribution in [3.63, 3.8) is 0 Å². The van der Waals surface area contributed by atoms with Crippen molar-refractivity contribution >= 4 is 40.2 Å². The van der Waals surface area contributed by atoms with E-state index in [-0.39, 0.29) is 11.9 Å². The van der Waals surface area contributed by atoms with Crippen molar-refractivity contribution in [2.75, 3.05) is 22.1 Å². The van der Waals surface area contributed by atoms with Gasteiger partial charge in [-0.25, -0.2) is 15.0 Å². The zero-order valence-corrected chi connectivity index (χ0v) is 19.0. The van der Waals surface area contributed by atoms with Gasteiger partial charge in [0, 0.05) is 37.4 Å². The molecule has 2 N–H and O–H groups in total. The Hall–Kier alpha value is -3.94. The van der Waals surface area contributed by atoms with Gasteiger partial charge >= 0.3 is 0 Å². The highest BCUT2D eigenvalue weighted by Crippen LogP contribution is 2.32. The van der Waals surface area contributed by atoms with E-state index in [1.807, 2.05) is 24.3 Å². The van der Waals surface area contributed by atoms with Gasteiger partial charge in [-0.2, -0.15) is 0 Å². The van der Waals surface area contributed by atoms with E-state index in [0.29, 0.717) is 5.82 Å². The van der Waals surface area contributed by atoms with Crippen LogP contribution in [0.25, 0.3) is 11.2 Å². The van der Waals surface area contributed by atoms with Crippen LogP contribution in [0.3, 0.4) is 0 Å². The molecule has 168 valence electrons. The largest absolute Gasteiger partial charge is 0.338 e. The van der Waals surface area contributed by atoms with Crippen molar-refractivity contribution < 1.29 is 4.79 Å². The van der Waals surface area contributed by atoms with Crippen molar-refractivity contribution in [1.29, 1.82) is 0 Å². The average Bonchev–Trinajstić information content (AvgIpc) is 3.21. The lowest BCUT2D eigenvalue weighted by molar-refractivity contribution is -0.114. The number of hydrogen-bond acceptors (Lipinski definition) is 6. The lowest BCUT2D eigenvalue weighted by Gasteiger charge is -2.30. The third kappa shape index (κ3) is 4.11. The number of aromatic nitrogens is 4. The number of rotatable bonds is 5. The van der Waals surface area contributed by atoms with Crippen molar-refractivity contribution in [2.24, 2.45) is 0 Å². The Bertz CT molecular complexity index is 1310. The molecule has 0 fully saturated rings. The van der Waals surface area contributed by atoms with Gasteiger partial charge in [-0.3, -0.25) is 9.36 Å². The molecule has 8 heteroatoms. The maximum Gasteiger partial charge on any atom is 0.221 e. The Morgan fingerprint density at radius 3 is 2.45 bits per heavy atom. The van der Waals surface area contributed by atoms with Crippen LogP contribution in [0.2, 0.25) is 0 Å². The summed E-state index contributed by atoms with van der Waals surface area (Å²) in [5.74, 6) is 1.48. The summed E-state index contributed by atoms with van der Waals surface area (Å²) in [6.45, 7) is 7.53. The zero-order valence-electron chi connectivity index (χ0n) is 19.0. The second-order valence-electron chi connectivity index (χ2n) is 8.59. The summed E-state index contributed by atoms with van der Waals surface area (Å²) in [7, 11) is 0. The van der Waals surface area contributed by atoms with Crippen LogP contribution in [-0.4, -0.2) is 32.0 Å². The smallest absolute Gasteiger partial charge is 0.221 e. The zero-order chi connectivity index (χ0) is 22.9. The summed E-state index contributed by atoms with van der Waals surface area (Å²) < 4.78 is 2.19. The quantitative estimate of drug-likeness (QED) is 0.468. The first-order valence-electron chi connectivity index (χ1n) is 11.2. The highest BCUT2D eigenvalue weighted by atomic mass is 16.1. The number of carbonyl (C=O) groups excluding carboxylic acids is 1. The number of nitrogens with zero attached hydrogens (tertiary/aromatic N) is 5. The van der Waals surface area contributed by atoms with E-state index in [9.17, 15) is 4.79 Å². The number of imidazole rings is 1. The maximum atomic E-state index is 11.3. The van der Waals surface area contributed by atoms with Crippen LogP contribution < -0.4 is 15.5 Å². The van der Waals surface area contributed by atoms with Gasteiger partial charge in [0.25, 0.3) is 0 Å². The number of nitrogens with one attached hydrogen (secondary N) is 2. The van der Waals surface area contributed by atoms with E-state index in [2.05, 4.69) is 68.2 Å². The number of carbonyl (C=O) groups is 1. The fourth-order valence-electron chi connectivity index (χ4n) is 4.33. The van der Waals surface area contributed by atoms with Crippen LogP contribution in [0.4, 0.5) is 23.1 Å². The van der Waals surface area contributed by atoms with E-state index in [1.165, 1.54) is 18.1 Å². The lowest BCUT2D eigenvalue weighted by Crippen LogP contribution is -2.32. The number of fused-ring (bicyclic) bond motifs is 2. The Labute approximate surface area is 192 Å². The minimum Gasteiger partial charge on any atom is -0.338 e. The van der Waals surface area contributed by atoms with E-state index in [4.69, 9.17) is 4.98 Å². The molecule has 2 aromatic carbocycles. The summed E-state index contributed by atoms with van der Waals surface area (Å²) in [5.41, 5.74) is 5.91. The molecule has 0 spiro atoms. The molecule has 0 radical (unpaired) electrons. The van der Waals surface area contributed by atoms with E-state index >= 15 is 0 Å². The van der Waals surface area contributed by atoms with Crippen LogP contribution in [0.5, 0.6) is 0 Å². The van der Waals surface area contributed by atoms with Crippen LogP contribution >= 0.6 is 0 Å². The highest BCUT2D eigenvalue weighted by molar-refractivity contribution is 5.90. The van der Waals surface area contributed by atoms with Gasteiger partial charge in [0.15, 0.2) is 17.0 Å². The molecule has 3 heterocycles. The summed E-state index contributed by atoms with van der Waals surface area (Å²) in [5, 5.41) is 6.15. The van der Waals surface area contributed by atoms with Gasteiger partial charge in [-0.1, -0.05) is 24.3 Å². The Morgan fingerprint density at radius 1 is 1.00 bits per heavy atom.